The van der Waals surface area contributed by atoms with Crippen molar-refractivity contribution in [2.75, 3.05) is 26.8 Å². The molecule has 1 aliphatic heterocycles. The van der Waals surface area contributed by atoms with Gasteiger partial charge in [0.05, 0.1) is 13.0 Å². The highest BCUT2D eigenvalue weighted by atomic mass is 35.5. The van der Waals surface area contributed by atoms with E-state index in [1.165, 1.54) is 38.5 Å². The van der Waals surface area contributed by atoms with E-state index in [0.717, 1.165) is 23.6 Å². The van der Waals surface area contributed by atoms with Crippen molar-refractivity contribution < 1.29 is 14.3 Å². The molecule has 1 aliphatic carbocycles. The van der Waals surface area contributed by atoms with Gasteiger partial charge in [-0.05, 0) is 43.0 Å². The van der Waals surface area contributed by atoms with Gasteiger partial charge in [-0.15, -0.1) is 12.4 Å². The van der Waals surface area contributed by atoms with Gasteiger partial charge in [0.1, 0.15) is 18.1 Å². The fourth-order valence-corrected chi connectivity index (χ4v) is 3.76. The molecule has 1 aromatic carbocycles. The van der Waals surface area contributed by atoms with Crippen LogP contribution in [0, 0.1) is 5.92 Å². The SMILES string of the molecule is COc1ccc2c(c1)CC(C(=O)NCCNC1CCCCCC1)CO2.Cl. The van der Waals surface area contributed by atoms with Gasteiger partial charge in [0.2, 0.25) is 5.91 Å². The van der Waals surface area contributed by atoms with Crippen LogP contribution in [0.3, 0.4) is 0 Å². The third-order valence-electron chi connectivity index (χ3n) is 5.26. The second-order valence-corrected chi connectivity index (χ2v) is 7.12. The van der Waals surface area contributed by atoms with Crippen LogP contribution in [-0.4, -0.2) is 38.8 Å². The molecule has 5 nitrogen and oxygen atoms in total. The smallest absolute Gasteiger partial charge is 0.226 e. The van der Waals surface area contributed by atoms with Crippen LogP contribution in [0.2, 0.25) is 0 Å². The predicted octanol–water partition coefficient (Wildman–Crippen LogP) is 3.10. The molecule has 1 amide bonds. The number of hydrogen-bond donors (Lipinski definition) is 2. The van der Waals surface area contributed by atoms with Gasteiger partial charge >= 0.3 is 0 Å². The molecule has 0 radical (unpaired) electrons. The maximum atomic E-state index is 12.4. The van der Waals surface area contributed by atoms with Gasteiger partial charge in [-0.3, -0.25) is 4.79 Å². The third-order valence-corrected chi connectivity index (χ3v) is 5.26. The van der Waals surface area contributed by atoms with Crippen molar-refractivity contribution in [3.63, 3.8) is 0 Å². The lowest BCUT2D eigenvalue weighted by Gasteiger charge is -2.25. The maximum Gasteiger partial charge on any atom is 0.226 e. The summed E-state index contributed by atoms with van der Waals surface area (Å²) in [6.45, 7) is 1.96. The Morgan fingerprint density at radius 2 is 1.96 bits per heavy atom. The van der Waals surface area contributed by atoms with E-state index < -0.39 is 0 Å². The summed E-state index contributed by atoms with van der Waals surface area (Å²) >= 11 is 0. The molecule has 26 heavy (non-hydrogen) atoms. The third kappa shape index (κ3) is 5.78. The normalized spacial score (nSPS) is 20.1. The van der Waals surface area contributed by atoms with E-state index in [9.17, 15) is 4.79 Å². The van der Waals surface area contributed by atoms with E-state index in [1.807, 2.05) is 18.2 Å². The van der Waals surface area contributed by atoms with Gasteiger partial charge in [0.15, 0.2) is 0 Å². The Morgan fingerprint density at radius 3 is 2.69 bits per heavy atom. The minimum atomic E-state index is -0.127. The predicted molar refractivity (Wildman–Crippen MR) is 105 cm³/mol. The number of carbonyl (C=O) groups excluding carboxylic acids is 1. The van der Waals surface area contributed by atoms with Gasteiger partial charge in [-0.2, -0.15) is 0 Å². The minimum absolute atomic E-state index is 0. The zero-order valence-electron chi connectivity index (χ0n) is 15.6. The first-order valence-electron chi connectivity index (χ1n) is 9.57. The summed E-state index contributed by atoms with van der Waals surface area (Å²) in [5.74, 6) is 1.62. The number of rotatable bonds is 6. The average Bonchev–Trinajstić information content (AvgIpc) is 2.93. The Hall–Kier alpha value is -1.46. The van der Waals surface area contributed by atoms with Gasteiger partial charge in [0.25, 0.3) is 0 Å². The molecule has 0 saturated heterocycles. The van der Waals surface area contributed by atoms with Crippen molar-refractivity contribution in [2.45, 2.75) is 51.0 Å². The van der Waals surface area contributed by atoms with Gasteiger partial charge in [-0.25, -0.2) is 0 Å². The summed E-state index contributed by atoms with van der Waals surface area (Å²) in [6.07, 6.45) is 8.62. The van der Waals surface area contributed by atoms with Crippen LogP contribution >= 0.6 is 12.4 Å². The summed E-state index contributed by atoms with van der Waals surface area (Å²) in [7, 11) is 1.65. The molecule has 6 heteroatoms. The zero-order chi connectivity index (χ0) is 17.5. The molecule has 1 fully saturated rings. The lowest BCUT2D eigenvalue weighted by Crippen LogP contribution is -2.41. The van der Waals surface area contributed by atoms with Gasteiger partial charge in [-0.1, -0.05) is 25.7 Å². The lowest BCUT2D eigenvalue weighted by atomic mass is 9.96. The monoisotopic (exact) mass is 382 g/mol. The standard InChI is InChI=1S/C20H30N2O3.ClH/c1-24-18-8-9-19-15(13-18)12-16(14-25-19)20(23)22-11-10-21-17-6-4-2-3-5-7-17;/h8-9,13,16-17,21H,2-7,10-12,14H2,1H3,(H,22,23);1H. The van der Waals surface area contributed by atoms with Crippen molar-refractivity contribution in [1.29, 1.82) is 0 Å². The summed E-state index contributed by atoms with van der Waals surface area (Å²) < 4.78 is 11.0. The number of fused-ring (bicyclic) bond motifs is 1. The molecular formula is C20H31ClN2O3. The van der Waals surface area contributed by atoms with E-state index in [2.05, 4.69) is 10.6 Å². The molecule has 1 atom stereocenters. The number of carbonyl (C=O) groups is 1. The van der Waals surface area contributed by atoms with E-state index >= 15 is 0 Å². The topological polar surface area (TPSA) is 59.6 Å². The highest BCUT2D eigenvalue weighted by Crippen LogP contribution is 2.30. The Bertz CT molecular complexity index is 574. The first-order chi connectivity index (χ1) is 12.3. The fraction of sp³-hybridized carbons (Fsp3) is 0.650. The van der Waals surface area contributed by atoms with Crippen molar-refractivity contribution in [1.82, 2.24) is 10.6 Å². The lowest BCUT2D eigenvalue weighted by molar-refractivity contribution is -0.126. The number of nitrogens with one attached hydrogen (secondary N) is 2. The molecule has 0 spiro atoms. The van der Waals surface area contributed by atoms with Crippen LogP contribution < -0.4 is 20.1 Å². The Labute approximate surface area is 162 Å². The molecule has 3 rings (SSSR count). The van der Waals surface area contributed by atoms with Crippen molar-refractivity contribution >= 4 is 18.3 Å². The number of benzene rings is 1. The van der Waals surface area contributed by atoms with Crippen LogP contribution in [0.5, 0.6) is 11.5 Å². The number of halogens is 1. The molecule has 2 aliphatic rings. The van der Waals surface area contributed by atoms with Crippen LogP contribution in [-0.2, 0) is 11.2 Å². The van der Waals surface area contributed by atoms with Crippen molar-refractivity contribution in [3.8, 4) is 11.5 Å². The van der Waals surface area contributed by atoms with Crippen molar-refractivity contribution in [3.05, 3.63) is 23.8 Å². The molecule has 2 N–H and O–H groups in total. The molecule has 1 saturated carbocycles. The molecular weight excluding hydrogens is 352 g/mol. The number of hydrogen-bond acceptors (Lipinski definition) is 4. The van der Waals surface area contributed by atoms with Crippen molar-refractivity contribution in [2.24, 2.45) is 5.92 Å². The summed E-state index contributed by atoms with van der Waals surface area (Å²) in [5.41, 5.74) is 1.04. The van der Waals surface area contributed by atoms with E-state index in [-0.39, 0.29) is 24.2 Å². The second kappa shape index (κ2) is 10.6. The largest absolute Gasteiger partial charge is 0.497 e. The van der Waals surface area contributed by atoms with E-state index in [1.54, 1.807) is 7.11 Å². The molecule has 1 heterocycles. The van der Waals surface area contributed by atoms with Gasteiger partial charge < -0.3 is 20.1 Å². The molecule has 0 aromatic heterocycles. The number of amides is 1. The Kier molecular flexibility index (Phi) is 8.52. The van der Waals surface area contributed by atoms with Crippen LogP contribution in [0.25, 0.3) is 0 Å². The quantitative estimate of drug-likeness (QED) is 0.586. The first kappa shape index (κ1) is 20.8. The Morgan fingerprint density at radius 1 is 1.19 bits per heavy atom. The summed E-state index contributed by atoms with van der Waals surface area (Å²) in [4.78, 5) is 12.4. The maximum absolute atomic E-state index is 12.4. The number of ether oxygens (including phenoxy) is 2. The van der Waals surface area contributed by atoms with Crippen LogP contribution in [0.15, 0.2) is 18.2 Å². The molecule has 146 valence electrons. The van der Waals surface area contributed by atoms with E-state index in [4.69, 9.17) is 9.47 Å². The number of methoxy groups -OCH3 is 1. The first-order valence-corrected chi connectivity index (χ1v) is 9.57. The highest BCUT2D eigenvalue weighted by molar-refractivity contribution is 5.85. The Balaban J connectivity index is 0.00000243. The van der Waals surface area contributed by atoms with E-state index in [0.29, 0.717) is 25.6 Å². The molecule has 0 bridgehead atoms. The summed E-state index contributed by atoms with van der Waals surface area (Å²) in [6, 6.07) is 6.39. The zero-order valence-corrected chi connectivity index (χ0v) is 16.4. The van der Waals surface area contributed by atoms with Crippen LogP contribution in [0.1, 0.15) is 44.1 Å². The van der Waals surface area contributed by atoms with Gasteiger partial charge in [0, 0.05) is 19.1 Å². The average molecular weight is 383 g/mol. The fourth-order valence-electron chi connectivity index (χ4n) is 3.76. The van der Waals surface area contributed by atoms with Crippen LogP contribution in [0.4, 0.5) is 0 Å². The minimum Gasteiger partial charge on any atom is -0.497 e. The molecule has 1 aromatic rings. The molecule has 1 unspecified atom stereocenters. The summed E-state index contributed by atoms with van der Waals surface area (Å²) in [5, 5.41) is 6.64. The second-order valence-electron chi connectivity index (χ2n) is 7.12. The highest BCUT2D eigenvalue weighted by Gasteiger charge is 2.26.